The van der Waals surface area contributed by atoms with Crippen molar-refractivity contribution in [2.75, 3.05) is 0 Å². The van der Waals surface area contributed by atoms with Gasteiger partial charge < -0.3 is 5.11 Å². The van der Waals surface area contributed by atoms with Crippen molar-refractivity contribution < 1.29 is 45.4 Å². The number of alkyl halides is 4. The van der Waals surface area contributed by atoms with Gasteiger partial charge in [-0.25, -0.2) is 31.7 Å². The summed E-state index contributed by atoms with van der Waals surface area (Å²) >= 11 is 0. The van der Waals surface area contributed by atoms with Gasteiger partial charge in [-0.05, 0) is 0 Å². The molecule has 160 valence electrons. The molecule has 0 unspecified atom stereocenters. The first-order valence-corrected chi connectivity index (χ1v) is 6.34. The van der Waals surface area contributed by atoms with E-state index in [0.717, 1.165) is 14.1 Å². The van der Waals surface area contributed by atoms with Gasteiger partial charge in [0.05, 0.1) is 0 Å². The Hall–Kier alpha value is -2.93. The van der Waals surface area contributed by atoms with Gasteiger partial charge in [-0.2, -0.15) is 23.4 Å². The number of hydrogen-bond acceptors (Lipinski definition) is 4. The van der Waals surface area contributed by atoms with Crippen LogP contribution in [0.5, 0.6) is 0 Å². The molecule has 2 heterocycles. The fraction of sp³-hybridized carbons (Fsp3) is 0.429. The Bertz CT molecular complexity index is 765. The Balaban J connectivity index is 0. The van der Waals surface area contributed by atoms with Gasteiger partial charge in [0.25, 0.3) is 12.9 Å². The quantitative estimate of drug-likeness (QED) is 0.593. The van der Waals surface area contributed by atoms with Crippen LogP contribution in [0.2, 0.25) is 0 Å². The molecular formula is C14H17F7N4O3. The van der Waals surface area contributed by atoms with E-state index >= 15 is 0 Å². The van der Waals surface area contributed by atoms with Crippen LogP contribution in [0.4, 0.5) is 30.7 Å². The van der Waals surface area contributed by atoms with Crippen molar-refractivity contribution in [2.45, 2.75) is 27.7 Å². The summed E-state index contributed by atoms with van der Waals surface area (Å²) in [5, 5.41) is 14.4. The van der Waals surface area contributed by atoms with Crippen LogP contribution >= 0.6 is 0 Å². The zero-order chi connectivity index (χ0) is 20.3. The summed E-state index contributed by atoms with van der Waals surface area (Å²) in [5.41, 5.74) is -4.59. The molecule has 0 aliphatic rings. The largest absolute Gasteiger partial charge is 0.477 e. The summed E-state index contributed by atoms with van der Waals surface area (Å²) in [4.78, 5) is 20.4. The third-order valence-corrected chi connectivity index (χ3v) is 2.83. The monoisotopic (exact) mass is 422 g/mol. The average molecular weight is 422 g/mol. The van der Waals surface area contributed by atoms with Crippen molar-refractivity contribution in [1.82, 2.24) is 19.6 Å². The van der Waals surface area contributed by atoms with E-state index < -0.39 is 59.3 Å². The van der Waals surface area contributed by atoms with E-state index in [1.165, 1.54) is 0 Å². The van der Waals surface area contributed by atoms with Gasteiger partial charge in [-0.3, -0.25) is 4.79 Å². The number of carbonyl (C=O) groups excluding carboxylic acids is 1. The van der Waals surface area contributed by atoms with E-state index in [4.69, 9.17) is 5.11 Å². The number of carboxylic acids is 1. The van der Waals surface area contributed by atoms with Crippen LogP contribution in [0, 0.1) is 11.9 Å². The van der Waals surface area contributed by atoms with Crippen LogP contribution < -0.4 is 0 Å². The third kappa shape index (κ3) is 5.53. The lowest BCUT2D eigenvalue weighted by Crippen LogP contribution is -2.03. The van der Waals surface area contributed by atoms with E-state index in [0.29, 0.717) is 9.36 Å². The van der Waals surface area contributed by atoms with Crippen LogP contribution in [-0.2, 0) is 14.1 Å². The van der Waals surface area contributed by atoms with Gasteiger partial charge >= 0.3 is 12.0 Å². The molecule has 0 radical (unpaired) electrons. The molecule has 0 fully saturated rings. The molecule has 0 amide bonds. The highest BCUT2D eigenvalue weighted by Crippen LogP contribution is 2.24. The van der Waals surface area contributed by atoms with E-state index in [1.807, 2.05) is 0 Å². The molecule has 7 nitrogen and oxygen atoms in total. The number of hydrogen-bond donors (Lipinski definition) is 1. The Morgan fingerprint density at radius 3 is 1.39 bits per heavy atom. The molecule has 0 spiro atoms. The van der Waals surface area contributed by atoms with Gasteiger partial charge in [0.15, 0.2) is 0 Å². The first-order valence-electron chi connectivity index (χ1n) is 6.34. The number of aryl methyl sites for hydroxylation is 2. The summed E-state index contributed by atoms with van der Waals surface area (Å²) < 4.78 is 86.7. The normalized spacial score (nSPS) is 10.1. The third-order valence-electron chi connectivity index (χ3n) is 2.83. The van der Waals surface area contributed by atoms with Crippen molar-refractivity contribution >= 4 is 12.0 Å². The standard InChI is InChI=1S/C6H4F4N2O.C6H5F3N2O2.2CH4/c1-12-5(9)2(6(10)13)3(11-12)4(7)8;1-11-5(9)2(6(12)13)3(10-11)4(7)8;;/h4H,1H3;4H,1H3,(H,12,13);2*1H4. The highest BCUT2D eigenvalue weighted by atomic mass is 19.3. The molecule has 0 saturated heterocycles. The molecular weight excluding hydrogens is 405 g/mol. The molecule has 14 heteroatoms. The number of nitrogens with zero attached hydrogens (tertiary/aromatic N) is 4. The predicted octanol–water partition coefficient (Wildman–Crippen LogP) is 4.07. The highest BCUT2D eigenvalue weighted by Gasteiger charge is 2.28. The molecule has 1 N–H and O–H groups in total. The Morgan fingerprint density at radius 1 is 0.857 bits per heavy atom. The average Bonchev–Trinajstić information content (AvgIpc) is 2.98. The number of aromatic carboxylic acids is 1. The SMILES string of the molecule is C.C.Cn1nc(C(F)F)c(C(=O)F)c1F.Cn1nc(C(F)F)c(C(=O)O)c1F. The lowest BCUT2D eigenvalue weighted by atomic mass is 10.2. The second kappa shape index (κ2) is 10.4. The van der Waals surface area contributed by atoms with Crippen LogP contribution in [0.1, 0.15) is 59.8 Å². The van der Waals surface area contributed by atoms with Gasteiger partial charge in [0.1, 0.15) is 22.5 Å². The van der Waals surface area contributed by atoms with Crippen molar-refractivity contribution in [1.29, 1.82) is 0 Å². The van der Waals surface area contributed by atoms with E-state index in [9.17, 15) is 40.3 Å². The fourth-order valence-electron chi connectivity index (χ4n) is 1.73. The minimum absolute atomic E-state index is 0. The molecule has 0 saturated carbocycles. The minimum atomic E-state index is -3.18. The Kier molecular flexibility index (Phi) is 10.2. The summed E-state index contributed by atoms with van der Waals surface area (Å²) in [6.07, 6.45) is -6.27. The summed E-state index contributed by atoms with van der Waals surface area (Å²) in [6.45, 7) is 0. The van der Waals surface area contributed by atoms with Gasteiger partial charge in [0, 0.05) is 14.1 Å². The fourth-order valence-corrected chi connectivity index (χ4v) is 1.73. The van der Waals surface area contributed by atoms with E-state index in [-0.39, 0.29) is 14.9 Å². The molecule has 2 aromatic heterocycles. The number of carboxylic acid groups (broad SMARTS) is 1. The Labute approximate surface area is 154 Å². The maximum Gasteiger partial charge on any atom is 0.342 e. The van der Waals surface area contributed by atoms with Crippen molar-refractivity contribution in [3.8, 4) is 0 Å². The second-order valence-electron chi connectivity index (χ2n) is 4.53. The first-order chi connectivity index (χ1) is 11.9. The first kappa shape index (κ1) is 27.3. The molecule has 0 bridgehead atoms. The summed E-state index contributed by atoms with van der Waals surface area (Å²) in [5.74, 6) is -4.42. The molecule has 2 rings (SSSR count). The lowest BCUT2D eigenvalue weighted by molar-refractivity contribution is 0.0677. The maximum absolute atomic E-state index is 12.8. The molecule has 0 aliphatic carbocycles. The van der Waals surface area contributed by atoms with Crippen molar-refractivity contribution in [3.05, 3.63) is 34.4 Å². The smallest absolute Gasteiger partial charge is 0.342 e. The number of carbonyl (C=O) groups is 2. The van der Waals surface area contributed by atoms with Crippen LogP contribution in [0.15, 0.2) is 0 Å². The zero-order valence-corrected chi connectivity index (χ0v) is 12.9. The molecule has 0 aromatic carbocycles. The minimum Gasteiger partial charge on any atom is -0.477 e. The number of rotatable bonds is 4. The lowest BCUT2D eigenvalue weighted by Gasteiger charge is -1.93. The number of aromatic nitrogens is 4. The van der Waals surface area contributed by atoms with Crippen LogP contribution in [0.25, 0.3) is 0 Å². The number of halogens is 7. The summed E-state index contributed by atoms with van der Waals surface area (Å²) in [7, 11) is 2.04. The molecule has 2 aromatic rings. The predicted molar refractivity (Wildman–Crippen MR) is 82.1 cm³/mol. The van der Waals surface area contributed by atoms with Gasteiger partial charge in [-0.1, -0.05) is 14.9 Å². The van der Waals surface area contributed by atoms with Crippen LogP contribution in [0.3, 0.4) is 0 Å². The molecule has 28 heavy (non-hydrogen) atoms. The van der Waals surface area contributed by atoms with Crippen molar-refractivity contribution in [3.63, 3.8) is 0 Å². The Morgan fingerprint density at radius 2 is 1.18 bits per heavy atom. The molecule has 0 atom stereocenters. The maximum atomic E-state index is 12.8. The van der Waals surface area contributed by atoms with Crippen molar-refractivity contribution in [2.24, 2.45) is 14.1 Å². The zero-order valence-electron chi connectivity index (χ0n) is 12.9. The van der Waals surface area contributed by atoms with Gasteiger partial charge in [0.2, 0.25) is 11.9 Å². The van der Waals surface area contributed by atoms with E-state index in [1.54, 1.807) is 0 Å². The van der Waals surface area contributed by atoms with E-state index in [2.05, 4.69) is 10.2 Å². The van der Waals surface area contributed by atoms with Crippen LogP contribution in [-0.4, -0.2) is 36.7 Å². The molecule has 0 aliphatic heterocycles. The summed E-state index contributed by atoms with van der Waals surface area (Å²) in [6, 6.07) is -2.25. The second-order valence-corrected chi connectivity index (χ2v) is 4.53. The van der Waals surface area contributed by atoms with Gasteiger partial charge in [-0.15, -0.1) is 0 Å². The topological polar surface area (TPSA) is 90.0 Å². The highest BCUT2D eigenvalue weighted by molar-refractivity contribution is 5.90.